The second-order valence-corrected chi connectivity index (χ2v) is 6.84. The van der Waals surface area contributed by atoms with Crippen LogP contribution in [0.4, 0.5) is 0 Å². The quantitative estimate of drug-likeness (QED) is 0.771. The molecule has 1 aromatic rings. The Hall–Kier alpha value is -1.41. The van der Waals surface area contributed by atoms with E-state index in [-0.39, 0.29) is 16.9 Å². The van der Waals surface area contributed by atoms with E-state index in [0.717, 1.165) is 6.42 Å². The SMILES string of the molecule is CCC1CN(C(=O)CS(=O)(=O)c2cnn(C)c2)CCO1. The monoisotopic (exact) mass is 301 g/mol. The topological polar surface area (TPSA) is 81.5 Å². The van der Waals surface area contributed by atoms with Gasteiger partial charge in [0.2, 0.25) is 5.91 Å². The number of aryl methyl sites for hydroxylation is 1. The molecule has 112 valence electrons. The number of carbonyl (C=O) groups excluding carboxylic acids is 1. The number of ether oxygens (including phenoxy) is 1. The second kappa shape index (κ2) is 5.92. The van der Waals surface area contributed by atoms with Crippen LogP contribution in [-0.2, 0) is 26.4 Å². The predicted molar refractivity (Wildman–Crippen MR) is 71.9 cm³/mol. The molecule has 1 fully saturated rings. The third-order valence-electron chi connectivity index (χ3n) is 3.30. The van der Waals surface area contributed by atoms with Crippen molar-refractivity contribution in [2.45, 2.75) is 24.3 Å². The van der Waals surface area contributed by atoms with E-state index in [2.05, 4.69) is 5.10 Å². The Balaban J connectivity index is 2.04. The second-order valence-electron chi connectivity index (χ2n) is 4.85. The first-order chi connectivity index (χ1) is 9.42. The summed E-state index contributed by atoms with van der Waals surface area (Å²) in [5, 5.41) is 3.82. The molecular weight excluding hydrogens is 282 g/mol. The Labute approximate surface area is 118 Å². The molecule has 1 aromatic heterocycles. The van der Waals surface area contributed by atoms with Gasteiger partial charge in [-0.25, -0.2) is 8.42 Å². The Bertz CT molecular complexity index is 581. The van der Waals surface area contributed by atoms with E-state index in [1.807, 2.05) is 6.92 Å². The van der Waals surface area contributed by atoms with Crippen molar-refractivity contribution in [1.82, 2.24) is 14.7 Å². The number of hydrogen-bond acceptors (Lipinski definition) is 5. The van der Waals surface area contributed by atoms with Gasteiger partial charge in [0.25, 0.3) is 0 Å². The van der Waals surface area contributed by atoms with Crippen LogP contribution in [0.2, 0.25) is 0 Å². The average Bonchev–Trinajstić information content (AvgIpc) is 2.86. The lowest BCUT2D eigenvalue weighted by molar-refractivity contribution is -0.136. The molecule has 1 aliphatic rings. The molecule has 1 saturated heterocycles. The highest BCUT2D eigenvalue weighted by atomic mass is 32.2. The van der Waals surface area contributed by atoms with Gasteiger partial charge in [-0.15, -0.1) is 0 Å². The summed E-state index contributed by atoms with van der Waals surface area (Å²) in [5.41, 5.74) is 0. The summed E-state index contributed by atoms with van der Waals surface area (Å²) in [7, 11) is -1.99. The first kappa shape index (κ1) is 15.0. The van der Waals surface area contributed by atoms with Crippen LogP contribution in [0.5, 0.6) is 0 Å². The highest BCUT2D eigenvalue weighted by Crippen LogP contribution is 2.13. The molecule has 1 unspecified atom stereocenters. The number of amides is 1. The fourth-order valence-corrected chi connectivity index (χ4v) is 3.28. The van der Waals surface area contributed by atoms with E-state index in [4.69, 9.17) is 4.74 Å². The third-order valence-corrected chi connectivity index (χ3v) is 4.86. The van der Waals surface area contributed by atoms with Crippen molar-refractivity contribution < 1.29 is 17.9 Å². The maximum absolute atomic E-state index is 12.1. The van der Waals surface area contributed by atoms with E-state index in [1.54, 1.807) is 11.9 Å². The maximum atomic E-state index is 12.1. The van der Waals surface area contributed by atoms with Crippen LogP contribution >= 0.6 is 0 Å². The Morgan fingerprint density at radius 2 is 2.30 bits per heavy atom. The summed E-state index contributed by atoms with van der Waals surface area (Å²) < 4.78 is 31.1. The van der Waals surface area contributed by atoms with Gasteiger partial charge in [0, 0.05) is 26.3 Å². The fourth-order valence-electron chi connectivity index (χ4n) is 2.09. The molecule has 0 saturated carbocycles. The molecule has 0 aromatic carbocycles. The molecule has 1 amide bonds. The van der Waals surface area contributed by atoms with Crippen molar-refractivity contribution in [3.05, 3.63) is 12.4 Å². The Morgan fingerprint density at radius 3 is 2.90 bits per heavy atom. The minimum atomic E-state index is -3.63. The van der Waals surface area contributed by atoms with E-state index in [1.165, 1.54) is 17.1 Å². The van der Waals surface area contributed by atoms with Crippen molar-refractivity contribution in [3.63, 3.8) is 0 Å². The molecule has 1 atom stereocenters. The molecular formula is C12H19N3O4S. The summed E-state index contributed by atoms with van der Waals surface area (Å²) >= 11 is 0. The number of morpholine rings is 1. The van der Waals surface area contributed by atoms with Gasteiger partial charge in [0.05, 0.1) is 18.9 Å². The van der Waals surface area contributed by atoms with Gasteiger partial charge in [0.1, 0.15) is 10.6 Å². The standard InChI is InChI=1S/C12H19N3O4S/c1-3-10-7-15(4-5-19-10)12(16)9-20(17,18)11-6-13-14(2)8-11/h6,8,10H,3-5,7,9H2,1-2H3. The van der Waals surface area contributed by atoms with Crippen LogP contribution < -0.4 is 0 Å². The van der Waals surface area contributed by atoms with Gasteiger partial charge < -0.3 is 9.64 Å². The normalized spacial score (nSPS) is 20.1. The summed E-state index contributed by atoms with van der Waals surface area (Å²) in [6, 6.07) is 0. The molecule has 8 heteroatoms. The van der Waals surface area contributed by atoms with Crippen LogP contribution in [0.1, 0.15) is 13.3 Å². The molecule has 2 rings (SSSR count). The summed E-state index contributed by atoms with van der Waals surface area (Å²) in [4.78, 5) is 13.8. The zero-order chi connectivity index (χ0) is 14.8. The van der Waals surface area contributed by atoms with Crippen LogP contribution in [0.15, 0.2) is 17.3 Å². The number of sulfone groups is 1. The predicted octanol–water partition coefficient (Wildman–Crippen LogP) is -0.169. The molecule has 20 heavy (non-hydrogen) atoms. The van der Waals surface area contributed by atoms with Gasteiger partial charge in [-0.1, -0.05) is 6.92 Å². The largest absolute Gasteiger partial charge is 0.375 e. The summed E-state index contributed by atoms with van der Waals surface area (Å²) in [6.45, 7) is 3.33. The van der Waals surface area contributed by atoms with Gasteiger partial charge in [0.15, 0.2) is 9.84 Å². The first-order valence-electron chi connectivity index (χ1n) is 6.53. The highest BCUT2D eigenvalue weighted by Gasteiger charge is 2.28. The van der Waals surface area contributed by atoms with Gasteiger partial charge in [-0.05, 0) is 6.42 Å². The minimum absolute atomic E-state index is 0.00574. The van der Waals surface area contributed by atoms with Crippen molar-refractivity contribution in [3.8, 4) is 0 Å². The number of nitrogens with zero attached hydrogens (tertiary/aromatic N) is 3. The van der Waals surface area contributed by atoms with Crippen molar-refractivity contribution >= 4 is 15.7 Å². The maximum Gasteiger partial charge on any atom is 0.238 e. The number of aromatic nitrogens is 2. The molecule has 0 aliphatic carbocycles. The summed E-state index contributed by atoms with van der Waals surface area (Å²) in [5.74, 6) is -0.898. The lowest BCUT2D eigenvalue weighted by Gasteiger charge is -2.32. The van der Waals surface area contributed by atoms with E-state index in [0.29, 0.717) is 19.7 Å². The van der Waals surface area contributed by atoms with Crippen molar-refractivity contribution in [2.75, 3.05) is 25.4 Å². The Kier molecular flexibility index (Phi) is 4.44. The number of carbonyl (C=O) groups is 1. The smallest absolute Gasteiger partial charge is 0.238 e. The molecule has 0 spiro atoms. The Morgan fingerprint density at radius 1 is 1.55 bits per heavy atom. The van der Waals surface area contributed by atoms with Gasteiger partial charge in [-0.3, -0.25) is 9.48 Å². The zero-order valence-electron chi connectivity index (χ0n) is 11.7. The van der Waals surface area contributed by atoms with Gasteiger partial charge in [-0.2, -0.15) is 5.10 Å². The highest BCUT2D eigenvalue weighted by molar-refractivity contribution is 7.92. The lowest BCUT2D eigenvalue weighted by Crippen LogP contribution is -2.47. The molecule has 1 aliphatic heterocycles. The molecule has 0 radical (unpaired) electrons. The van der Waals surface area contributed by atoms with Crippen molar-refractivity contribution in [2.24, 2.45) is 7.05 Å². The minimum Gasteiger partial charge on any atom is -0.375 e. The number of rotatable bonds is 4. The fraction of sp³-hybridized carbons (Fsp3) is 0.667. The summed E-state index contributed by atoms with van der Waals surface area (Å²) in [6.07, 6.45) is 3.46. The van der Waals surface area contributed by atoms with E-state index < -0.39 is 15.6 Å². The van der Waals surface area contributed by atoms with Crippen LogP contribution in [0.3, 0.4) is 0 Å². The van der Waals surface area contributed by atoms with E-state index in [9.17, 15) is 13.2 Å². The molecule has 2 heterocycles. The van der Waals surface area contributed by atoms with Crippen LogP contribution in [0, 0.1) is 0 Å². The number of hydrogen-bond donors (Lipinski definition) is 0. The molecule has 0 N–H and O–H groups in total. The van der Waals surface area contributed by atoms with Crippen molar-refractivity contribution in [1.29, 1.82) is 0 Å². The first-order valence-corrected chi connectivity index (χ1v) is 8.18. The average molecular weight is 301 g/mol. The van der Waals surface area contributed by atoms with Gasteiger partial charge >= 0.3 is 0 Å². The van der Waals surface area contributed by atoms with Crippen LogP contribution in [-0.4, -0.2) is 60.6 Å². The molecule has 0 bridgehead atoms. The molecule has 7 nitrogen and oxygen atoms in total. The van der Waals surface area contributed by atoms with Crippen LogP contribution in [0.25, 0.3) is 0 Å². The third kappa shape index (κ3) is 3.37. The lowest BCUT2D eigenvalue weighted by atomic mass is 10.2. The van der Waals surface area contributed by atoms with E-state index >= 15 is 0 Å². The zero-order valence-corrected chi connectivity index (χ0v) is 12.5.